The van der Waals surface area contributed by atoms with Crippen molar-refractivity contribution in [3.8, 4) is 5.75 Å². The van der Waals surface area contributed by atoms with E-state index >= 15 is 0 Å². The van der Waals surface area contributed by atoms with Crippen molar-refractivity contribution in [3.63, 3.8) is 0 Å². The topological polar surface area (TPSA) is 109 Å². The maximum absolute atomic E-state index is 12.8. The summed E-state index contributed by atoms with van der Waals surface area (Å²) >= 11 is 0. The number of piperazine rings is 1. The van der Waals surface area contributed by atoms with Gasteiger partial charge in [-0.2, -0.15) is 5.10 Å². The van der Waals surface area contributed by atoms with Crippen molar-refractivity contribution in [3.05, 3.63) is 75.8 Å². The average Bonchev–Trinajstić information content (AvgIpc) is 2.78. The molecule has 10 heteroatoms. The van der Waals surface area contributed by atoms with Crippen LogP contribution in [-0.4, -0.2) is 58.8 Å². The molecule has 32 heavy (non-hydrogen) atoms. The molecule has 9 nitrogen and oxygen atoms in total. The number of pyridine rings is 1. The maximum Gasteiger partial charge on any atom is 0.306 e. The van der Waals surface area contributed by atoms with Crippen LogP contribution in [-0.2, 0) is 16.6 Å². The first kappa shape index (κ1) is 22.0. The summed E-state index contributed by atoms with van der Waals surface area (Å²) < 4.78 is 26.3. The van der Waals surface area contributed by atoms with E-state index < -0.39 is 21.3 Å². The van der Waals surface area contributed by atoms with Gasteiger partial charge >= 0.3 is 5.56 Å². The summed E-state index contributed by atoms with van der Waals surface area (Å²) in [4.78, 5) is 16.9. The second-order valence-corrected chi connectivity index (χ2v) is 9.72. The van der Waals surface area contributed by atoms with Gasteiger partial charge in [0.2, 0.25) is 0 Å². The number of hydrogen-bond donors (Lipinski definition) is 1. The van der Waals surface area contributed by atoms with Crippen molar-refractivity contribution >= 4 is 15.8 Å². The smallest absolute Gasteiger partial charge is 0.306 e. The van der Waals surface area contributed by atoms with Crippen molar-refractivity contribution < 1.29 is 13.5 Å². The van der Waals surface area contributed by atoms with Gasteiger partial charge in [-0.05, 0) is 44.2 Å². The molecule has 0 atom stereocenters. The van der Waals surface area contributed by atoms with Crippen LogP contribution in [0.4, 0.5) is 5.82 Å². The molecule has 0 amide bonds. The molecule has 1 N–H and O–H groups in total. The van der Waals surface area contributed by atoms with Crippen molar-refractivity contribution in [1.29, 1.82) is 0 Å². The van der Waals surface area contributed by atoms with E-state index in [4.69, 9.17) is 0 Å². The molecule has 3 heterocycles. The third-order valence-corrected chi connectivity index (χ3v) is 7.24. The lowest BCUT2D eigenvalue weighted by Gasteiger charge is -2.35. The van der Waals surface area contributed by atoms with E-state index in [1.165, 1.54) is 24.4 Å². The fraction of sp³-hybridized carbons (Fsp3) is 0.318. The second kappa shape index (κ2) is 8.71. The van der Waals surface area contributed by atoms with E-state index in [0.717, 1.165) is 30.2 Å². The van der Waals surface area contributed by atoms with Gasteiger partial charge in [-0.15, -0.1) is 5.10 Å². The van der Waals surface area contributed by atoms with Gasteiger partial charge in [-0.3, -0.25) is 9.69 Å². The predicted octanol–water partition coefficient (Wildman–Crippen LogP) is 1.52. The van der Waals surface area contributed by atoms with Gasteiger partial charge < -0.3 is 10.0 Å². The number of hydrogen-bond acceptors (Lipinski definition) is 8. The Hall–Kier alpha value is -3.24. The van der Waals surface area contributed by atoms with Gasteiger partial charge in [-0.1, -0.05) is 17.7 Å². The highest BCUT2D eigenvalue weighted by Gasteiger charge is 2.23. The number of anilines is 1. The first-order chi connectivity index (χ1) is 15.3. The van der Waals surface area contributed by atoms with Crippen LogP contribution in [0.25, 0.3) is 0 Å². The number of aromatic hydroxyl groups is 1. The third-order valence-electron chi connectivity index (χ3n) is 5.57. The van der Waals surface area contributed by atoms with Gasteiger partial charge in [0.05, 0.1) is 10.6 Å². The summed E-state index contributed by atoms with van der Waals surface area (Å²) in [5.74, 6) is 0.275. The van der Waals surface area contributed by atoms with Crippen molar-refractivity contribution in [2.24, 2.45) is 0 Å². The standard InChI is InChI=1S/C22H25N5O4S/c1-16-3-6-19(7-4-16)32(30,31)27-10-9-18(21(28)22(27)29)15-25-11-13-26(14-12-25)20-8-5-17(2)23-24-20/h3-10,28H,11-15H2,1-2H3. The Morgan fingerprint density at radius 3 is 2.25 bits per heavy atom. The Morgan fingerprint density at radius 1 is 0.938 bits per heavy atom. The van der Waals surface area contributed by atoms with Gasteiger partial charge in [-0.25, -0.2) is 12.4 Å². The molecule has 0 saturated carbocycles. The van der Waals surface area contributed by atoms with Gasteiger partial charge in [0.1, 0.15) is 0 Å². The van der Waals surface area contributed by atoms with Crippen LogP contribution in [0.2, 0.25) is 0 Å². The minimum absolute atomic E-state index is 0.00678. The van der Waals surface area contributed by atoms with Crippen LogP contribution in [0.3, 0.4) is 0 Å². The number of aromatic nitrogens is 3. The molecular weight excluding hydrogens is 430 g/mol. The van der Waals surface area contributed by atoms with Crippen LogP contribution < -0.4 is 10.5 Å². The molecule has 168 valence electrons. The van der Waals surface area contributed by atoms with Crippen LogP contribution in [0.5, 0.6) is 5.75 Å². The predicted molar refractivity (Wildman–Crippen MR) is 120 cm³/mol. The monoisotopic (exact) mass is 455 g/mol. The van der Waals surface area contributed by atoms with E-state index in [-0.39, 0.29) is 4.90 Å². The van der Waals surface area contributed by atoms with Crippen molar-refractivity contribution in [2.75, 3.05) is 31.1 Å². The minimum atomic E-state index is -4.09. The Balaban J connectivity index is 1.48. The lowest BCUT2D eigenvalue weighted by atomic mass is 10.2. The normalized spacial score (nSPS) is 15.1. The van der Waals surface area contributed by atoms with Crippen molar-refractivity contribution in [2.45, 2.75) is 25.3 Å². The third kappa shape index (κ3) is 4.37. The van der Waals surface area contributed by atoms with E-state index in [9.17, 15) is 18.3 Å². The molecule has 0 radical (unpaired) electrons. The number of benzene rings is 1. The summed E-state index contributed by atoms with van der Waals surface area (Å²) in [6.45, 7) is 6.96. The summed E-state index contributed by atoms with van der Waals surface area (Å²) in [6, 6.07) is 11.6. The van der Waals surface area contributed by atoms with E-state index in [1.807, 2.05) is 26.0 Å². The molecule has 0 bridgehead atoms. The molecule has 1 fully saturated rings. The van der Waals surface area contributed by atoms with E-state index in [2.05, 4.69) is 20.0 Å². The first-order valence-electron chi connectivity index (χ1n) is 10.3. The van der Waals surface area contributed by atoms with Gasteiger partial charge in [0.25, 0.3) is 10.0 Å². The van der Waals surface area contributed by atoms with Gasteiger partial charge in [0, 0.05) is 44.5 Å². The molecule has 2 aromatic heterocycles. The first-order valence-corrected chi connectivity index (χ1v) is 11.7. The van der Waals surface area contributed by atoms with Crippen molar-refractivity contribution in [1.82, 2.24) is 19.1 Å². The summed E-state index contributed by atoms with van der Waals surface area (Å²) in [6.07, 6.45) is 1.21. The number of nitrogens with zero attached hydrogens (tertiary/aromatic N) is 5. The Kier molecular flexibility index (Phi) is 5.98. The summed E-state index contributed by atoms with van der Waals surface area (Å²) in [7, 11) is -4.09. The zero-order chi connectivity index (χ0) is 22.9. The Bertz CT molecular complexity index is 1260. The van der Waals surface area contributed by atoms with E-state index in [0.29, 0.717) is 29.2 Å². The molecule has 3 aromatic rings. The SMILES string of the molecule is Cc1ccc(S(=O)(=O)n2ccc(CN3CCN(c4ccc(C)nn4)CC3)c(O)c2=O)cc1. The zero-order valence-corrected chi connectivity index (χ0v) is 18.8. The fourth-order valence-electron chi connectivity index (χ4n) is 3.62. The average molecular weight is 456 g/mol. The maximum atomic E-state index is 12.8. The lowest BCUT2D eigenvalue weighted by Crippen LogP contribution is -2.46. The zero-order valence-electron chi connectivity index (χ0n) is 18.0. The van der Waals surface area contributed by atoms with Crippen LogP contribution in [0.1, 0.15) is 16.8 Å². The van der Waals surface area contributed by atoms with E-state index in [1.54, 1.807) is 12.1 Å². The highest BCUT2D eigenvalue weighted by atomic mass is 32.2. The minimum Gasteiger partial charge on any atom is -0.503 e. The van der Waals surface area contributed by atoms with Crippen LogP contribution >= 0.6 is 0 Å². The summed E-state index contributed by atoms with van der Waals surface area (Å²) in [5.41, 5.74) is 1.22. The molecule has 1 saturated heterocycles. The molecule has 1 aliphatic rings. The highest BCUT2D eigenvalue weighted by molar-refractivity contribution is 7.90. The quantitative estimate of drug-likeness (QED) is 0.617. The Labute approximate surface area is 186 Å². The van der Waals surface area contributed by atoms with Crippen LogP contribution in [0.15, 0.2) is 58.4 Å². The lowest BCUT2D eigenvalue weighted by molar-refractivity contribution is 0.245. The molecular formula is C22H25N5O4S. The molecule has 1 aromatic carbocycles. The highest BCUT2D eigenvalue weighted by Crippen LogP contribution is 2.20. The number of aryl methyl sites for hydroxylation is 2. The molecule has 0 unspecified atom stereocenters. The molecule has 1 aliphatic heterocycles. The summed E-state index contributed by atoms with van der Waals surface area (Å²) in [5, 5.41) is 18.8. The van der Waals surface area contributed by atoms with Gasteiger partial charge in [0.15, 0.2) is 11.6 Å². The Morgan fingerprint density at radius 2 is 1.62 bits per heavy atom. The fourth-order valence-corrected chi connectivity index (χ4v) is 4.86. The molecule has 0 aliphatic carbocycles. The molecule has 4 rings (SSSR count). The number of rotatable bonds is 5. The van der Waals surface area contributed by atoms with Crippen LogP contribution in [0, 0.1) is 13.8 Å². The largest absolute Gasteiger partial charge is 0.503 e. The second-order valence-electron chi connectivity index (χ2n) is 7.90. The molecule has 0 spiro atoms.